The number of nitrogens with zero attached hydrogens (tertiary/aromatic N) is 2. The molecule has 228 valence electrons. The van der Waals surface area contributed by atoms with E-state index in [9.17, 15) is 34.8 Å². The minimum atomic E-state index is -2.66. The highest BCUT2D eigenvalue weighted by molar-refractivity contribution is 6.24. The molecule has 1 aromatic carbocycles. The van der Waals surface area contributed by atoms with Gasteiger partial charge in [-0.25, -0.2) is 0 Å². The van der Waals surface area contributed by atoms with Gasteiger partial charge in [0.15, 0.2) is 11.4 Å². The van der Waals surface area contributed by atoms with Gasteiger partial charge < -0.3 is 30.9 Å². The zero-order chi connectivity index (χ0) is 30.7. The maximum Gasteiger partial charge on any atom is 0.255 e. The number of hydrogen-bond acceptors (Lipinski definition) is 10. The quantitative estimate of drug-likeness (QED) is 0.285. The largest absolute Gasteiger partial charge is 0.510 e. The molecule has 0 aromatic heterocycles. The van der Waals surface area contributed by atoms with Crippen molar-refractivity contribution in [1.29, 1.82) is 0 Å². The van der Waals surface area contributed by atoms with Crippen LogP contribution >= 0.6 is 0 Å². The van der Waals surface area contributed by atoms with Crippen molar-refractivity contribution in [2.24, 2.45) is 23.5 Å². The Labute approximate surface area is 245 Å². The highest BCUT2D eigenvalue weighted by Crippen LogP contribution is 2.53. The van der Waals surface area contributed by atoms with Crippen molar-refractivity contribution in [1.82, 2.24) is 9.80 Å². The van der Waals surface area contributed by atoms with Crippen molar-refractivity contribution in [2.45, 2.75) is 63.6 Å². The summed E-state index contributed by atoms with van der Waals surface area (Å²) in [6.45, 7) is 4.36. The lowest BCUT2D eigenvalue weighted by Gasteiger charge is -2.50. The molecule has 42 heavy (non-hydrogen) atoms. The minimum Gasteiger partial charge on any atom is -0.510 e. The molecule has 11 heteroatoms. The fourth-order valence-electron chi connectivity index (χ4n) is 7.84. The fourth-order valence-corrected chi connectivity index (χ4v) is 7.84. The standard InChI is InChI=1S/C31H41N3O8/c1-5-34(13-15-8-6-7-9-15)14-17-12-20(35)22-18(27(17)42-4)10-16-11-19-24(33(2)3)26(37)23(30(32)40)29(39)31(19,41)28(38)21(16)25(22)36/h12,15-16,19,24,35,37-38,41H,5-11,13-14H2,1-4H3,(H2,32,40)/t16-,19-,24-,31-/m0/s1. The van der Waals surface area contributed by atoms with Crippen LogP contribution in [0.1, 0.15) is 60.5 Å². The number of ketones is 2. The number of phenols is 1. The van der Waals surface area contributed by atoms with Gasteiger partial charge in [-0.05, 0) is 64.2 Å². The van der Waals surface area contributed by atoms with E-state index in [1.54, 1.807) is 14.1 Å². The van der Waals surface area contributed by atoms with Crippen molar-refractivity contribution in [3.05, 3.63) is 45.4 Å². The Balaban J connectivity index is 1.59. The summed E-state index contributed by atoms with van der Waals surface area (Å²) in [6.07, 6.45) is 5.11. The van der Waals surface area contributed by atoms with E-state index in [1.165, 1.54) is 43.8 Å². The molecule has 0 bridgehead atoms. The highest BCUT2D eigenvalue weighted by Gasteiger charge is 2.63. The number of rotatable bonds is 8. The molecule has 1 amide bonds. The van der Waals surface area contributed by atoms with Gasteiger partial charge in [-0.2, -0.15) is 0 Å². The number of phenolic OH excluding ortho intramolecular Hbond substituents is 1. The van der Waals surface area contributed by atoms with Crippen LogP contribution < -0.4 is 10.5 Å². The molecule has 1 aromatic rings. The number of aliphatic hydroxyl groups is 3. The molecule has 0 aliphatic heterocycles. The molecular weight excluding hydrogens is 542 g/mol. The molecule has 0 saturated heterocycles. The van der Waals surface area contributed by atoms with Crippen molar-refractivity contribution in [3.8, 4) is 11.5 Å². The van der Waals surface area contributed by atoms with E-state index in [4.69, 9.17) is 10.5 Å². The van der Waals surface area contributed by atoms with E-state index >= 15 is 0 Å². The van der Waals surface area contributed by atoms with E-state index in [-0.39, 0.29) is 29.7 Å². The first kappa shape index (κ1) is 30.1. The summed E-state index contributed by atoms with van der Waals surface area (Å²) in [5.41, 5.74) is 2.93. The predicted molar refractivity (Wildman–Crippen MR) is 153 cm³/mol. The monoisotopic (exact) mass is 583 g/mol. The summed E-state index contributed by atoms with van der Waals surface area (Å²) in [5, 5.41) is 45.3. The zero-order valence-corrected chi connectivity index (χ0v) is 24.6. The molecule has 4 atom stereocenters. The van der Waals surface area contributed by atoms with Crippen LogP contribution in [-0.2, 0) is 22.6 Å². The number of fused-ring (bicyclic) bond motifs is 3. The molecule has 4 aliphatic carbocycles. The number of aliphatic hydroxyl groups excluding tert-OH is 2. The minimum absolute atomic E-state index is 0.0304. The second kappa shape index (κ2) is 11.0. The molecule has 1 saturated carbocycles. The lowest BCUT2D eigenvalue weighted by molar-refractivity contribution is -0.148. The number of Topliss-reactive ketones (excluding diaryl/α,β-unsaturated/α-hetero) is 2. The molecule has 0 spiro atoms. The third kappa shape index (κ3) is 4.49. The van der Waals surface area contributed by atoms with Crippen LogP contribution in [0, 0.1) is 17.8 Å². The van der Waals surface area contributed by atoms with Crippen molar-refractivity contribution < 1.29 is 39.5 Å². The number of carbonyl (C=O) groups excluding carboxylic acids is 3. The van der Waals surface area contributed by atoms with Crippen LogP contribution in [-0.4, -0.2) is 93.6 Å². The topological polar surface area (TPSA) is 174 Å². The fraction of sp³-hybridized carbons (Fsp3) is 0.581. The van der Waals surface area contributed by atoms with Gasteiger partial charge in [0.2, 0.25) is 5.78 Å². The van der Waals surface area contributed by atoms with E-state index in [0.717, 1.165) is 18.7 Å². The molecule has 0 radical (unpaired) electrons. The average molecular weight is 584 g/mol. The van der Waals surface area contributed by atoms with Gasteiger partial charge in [0, 0.05) is 35.7 Å². The van der Waals surface area contributed by atoms with Crippen molar-refractivity contribution in [3.63, 3.8) is 0 Å². The number of aromatic hydroxyl groups is 1. The number of allylic oxidation sites excluding steroid dienone is 1. The summed E-state index contributed by atoms with van der Waals surface area (Å²) in [5.74, 6) is -5.58. The third-order valence-corrected chi connectivity index (χ3v) is 9.79. The van der Waals surface area contributed by atoms with E-state index in [0.29, 0.717) is 23.8 Å². The third-order valence-electron chi connectivity index (χ3n) is 9.79. The van der Waals surface area contributed by atoms with Crippen LogP contribution in [0.4, 0.5) is 0 Å². The summed E-state index contributed by atoms with van der Waals surface area (Å²) in [7, 11) is 4.73. The summed E-state index contributed by atoms with van der Waals surface area (Å²) >= 11 is 0. The molecule has 11 nitrogen and oxygen atoms in total. The number of methoxy groups -OCH3 is 1. The van der Waals surface area contributed by atoms with Crippen molar-refractivity contribution in [2.75, 3.05) is 34.3 Å². The molecule has 0 unspecified atom stereocenters. The number of nitrogens with two attached hydrogens (primary N) is 1. The Morgan fingerprint density at radius 1 is 1.17 bits per heavy atom. The SMILES string of the molecule is CCN(Cc1cc(O)c2c(c1OC)C[C@H]1C[C@H]3[C@H](N(C)C)C(O)=C(C(N)=O)C(=O)[C@@]3(O)C(O)=C1C2=O)CC1CCCC1. The molecule has 1 fully saturated rings. The number of carbonyl (C=O) groups is 3. The average Bonchev–Trinajstić information content (AvgIpc) is 3.43. The number of ether oxygens (including phenoxy) is 1. The Kier molecular flexibility index (Phi) is 7.88. The Hall–Kier alpha value is -3.41. The molecule has 0 heterocycles. The van der Waals surface area contributed by atoms with E-state index in [2.05, 4.69) is 11.8 Å². The molecular formula is C31H41N3O8. The Morgan fingerprint density at radius 3 is 2.40 bits per heavy atom. The first-order valence-corrected chi connectivity index (χ1v) is 14.6. The Morgan fingerprint density at radius 2 is 1.83 bits per heavy atom. The normalized spacial score (nSPS) is 27.9. The van der Waals surface area contributed by atoms with Gasteiger partial charge >= 0.3 is 0 Å². The van der Waals surface area contributed by atoms with Crippen LogP contribution in [0.25, 0.3) is 0 Å². The van der Waals surface area contributed by atoms with Crippen LogP contribution in [0.3, 0.4) is 0 Å². The number of benzene rings is 1. The summed E-state index contributed by atoms with van der Waals surface area (Å²) in [4.78, 5) is 43.4. The second-order valence-corrected chi connectivity index (χ2v) is 12.4. The van der Waals surface area contributed by atoms with E-state index < -0.39 is 58.0 Å². The zero-order valence-electron chi connectivity index (χ0n) is 24.6. The number of likely N-dealkylation sites (N-methyl/N-ethyl adjacent to an activating group) is 1. The molecule has 4 aliphatic rings. The number of primary amides is 1. The summed E-state index contributed by atoms with van der Waals surface area (Å²) in [6, 6.07) is 0.482. The smallest absolute Gasteiger partial charge is 0.255 e. The summed E-state index contributed by atoms with van der Waals surface area (Å²) < 4.78 is 5.85. The van der Waals surface area contributed by atoms with Crippen LogP contribution in [0.2, 0.25) is 0 Å². The van der Waals surface area contributed by atoms with Gasteiger partial charge in [0.05, 0.1) is 18.7 Å². The van der Waals surface area contributed by atoms with Gasteiger partial charge in [-0.1, -0.05) is 19.8 Å². The maximum atomic E-state index is 14.0. The lowest BCUT2D eigenvalue weighted by atomic mass is 9.58. The number of hydrogen-bond donors (Lipinski definition) is 5. The predicted octanol–water partition coefficient (Wildman–Crippen LogP) is 2.14. The highest BCUT2D eigenvalue weighted by atomic mass is 16.5. The van der Waals surface area contributed by atoms with E-state index in [1.807, 2.05) is 0 Å². The van der Waals surface area contributed by atoms with Crippen LogP contribution in [0.15, 0.2) is 28.7 Å². The van der Waals surface area contributed by atoms with Crippen LogP contribution in [0.5, 0.6) is 11.5 Å². The second-order valence-electron chi connectivity index (χ2n) is 12.4. The van der Waals surface area contributed by atoms with Gasteiger partial charge in [-0.3, -0.25) is 24.2 Å². The van der Waals surface area contributed by atoms with Gasteiger partial charge in [-0.15, -0.1) is 0 Å². The molecule has 5 rings (SSSR count). The first-order chi connectivity index (χ1) is 19.9. The lowest BCUT2D eigenvalue weighted by Crippen LogP contribution is -2.63. The van der Waals surface area contributed by atoms with Gasteiger partial charge in [0.25, 0.3) is 5.91 Å². The molecule has 6 N–H and O–H groups in total. The maximum absolute atomic E-state index is 14.0. The van der Waals surface area contributed by atoms with Gasteiger partial charge in [0.1, 0.15) is 28.6 Å². The van der Waals surface area contributed by atoms with Crippen molar-refractivity contribution >= 4 is 17.5 Å². The first-order valence-electron chi connectivity index (χ1n) is 14.6. The Bertz CT molecular complexity index is 1390. The number of amides is 1.